The summed E-state index contributed by atoms with van der Waals surface area (Å²) in [7, 11) is 120. The number of aliphatic hydroxyl groups excluding tert-OH is 1. The molecule has 38 unspecified atom stereocenters. The summed E-state index contributed by atoms with van der Waals surface area (Å²) in [6, 6.07) is 8.13. The number of nitrogens with one attached hydrogen (secondary N) is 1. The van der Waals surface area contributed by atoms with Gasteiger partial charge in [-0.05, 0) is 274 Å². The van der Waals surface area contributed by atoms with Crippen molar-refractivity contribution in [2.45, 2.75) is 30.0 Å². The maximum absolute atomic E-state index is 14.8. The van der Waals surface area contributed by atoms with Gasteiger partial charge in [0.05, 0.1) is 22.7 Å². The van der Waals surface area contributed by atoms with Crippen LogP contribution in [-0.4, -0.2) is 52.6 Å². The first-order chi connectivity index (χ1) is 47.6. The van der Waals surface area contributed by atoms with Gasteiger partial charge in [-0.2, -0.15) is 0 Å². The Morgan fingerprint density at radius 2 is 0.757 bits per heavy atom. The monoisotopic (exact) mass is 2640 g/mol. The summed E-state index contributed by atoms with van der Waals surface area (Å²) < 4.78 is 60.3. The number of nitrogens with two attached hydrogens (primary N) is 1. The Morgan fingerprint density at radius 3 is 1.06 bits per heavy atom. The van der Waals surface area contributed by atoms with Crippen molar-refractivity contribution in [3.8, 4) is 34.3 Å². The summed E-state index contributed by atoms with van der Waals surface area (Å²) in [6.45, 7) is -7.02. The standard InChI is InChI=1S/C24H24F2N6O4S.H68P66/c1-13(7-8-33)37(34,35)20-6-4-15(10-18(20)26)19-12-29-22(27)21(30-19)24-32-31-23(36-24)16-5-3-14(11-28-2)9-17(16)25;1-35(2)52(36(3)4)60(51(33)34)64(59(49(29)30)50(31)32)66(63(57(45(21)22)46(23)24)58(47(25)26)48(27)28)65(61(53(37(5)6)38(7)8)54(39(9)10)40(11)12)62(55(41(13)14)42(15)16)56(43(17)18)44(19)20/h3-6,9-10,12-13,28,33H,7-8,11H2,1-2H3,(H2,27,29);1-34H2. The van der Waals surface area contributed by atoms with Crippen LogP contribution in [0.15, 0.2) is 51.9 Å². The van der Waals surface area contributed by atoms with Crippen molar-refractivity contribution in [1.82, 2.24) is 25.5 Å². The smallest absolute Gasteiger partial charge is 0.270 e. The second kappa shape index (κ2) is 62.6. The summed E-state index contributed by atoms with van der Waals surface area (Å²) in [4.78, 5) is 7.92. The molecular weight excluding hydrogens is 2550 g/mol. The van der Waals surface area contributed by atoms with E-state index in [4.69, 9.17) is 15.3 Å². The lowest BCUT2D eigenvalue weighted by Crippen LogP contribution is -2.20. The number of anilines is 1. The molecule has 4 N–H and O–H groups in total. The van der Waals surface area contributed by atoms with Gasteiger partial charge in [0.2, 0.25) is 0 Å². The van der Waals surface area contributed by atoms with Crippen LogP contribution in [0.3, 0.4) is 0 Å². The van der Waals surface area contributed by atoms with Gasteiger partial charge < -0.3 is 20.6 Å². The minimum atomic E-state index is -3.98. The van der Waals surface area contributed by atoms with E-state index in [-0.39, 0.29) is 277 Å². The lowest BCUT2D eigenvalue weighted by Gasteiger charge is -2.61. The third-order valence-electron chi connectivity index (χ3n) is 11.4. The number of nitrogens with zero attached hydrogens (tertiary/aromatic N) is 4. The summed E-state index contributed by atoms with van der Waals surface area (Å²) in [5, 5.41) is 18.8. The van der Waals surface area contributed by atoms with E-state index in [9.17, 15) is 17.2 Å². The third kappa shape index (κ3) is 38.3. The Morgan fingerprint density at radius 1 is 0.447 bits per heavy atom. The first-order valence-electron chi connectivity index (χ1n) is 26.2. The van der Waals surface area contributed by atoms with Gasteiger partial charge >= 0.3 is 0 Å². The largest absolute Gasteiger partial charge is 0.414 e. The fourth-order valence-corrected chi connectivity index (χ4v) is 971. The Labute approximate surface area is 728 Å². The molecule has 2 aromatic carbocycles. The number of sulfone groups is 1. The molecule has 103 heavy (non-hydrogen) atoms. The van der Waals surface area contributed by atoms with Gasteiger partial charge in [-0.25, -0.2) is 27.2 Å². The van der Waals surface area contributed by atoms with Crippen molar-refractivity contribution in [2.75, 3.05) is 19.4 Å². The fraction of sp³-hybridized carbons (Fsp3) is 0.250. The predicted octanol–water partition coefficient (Wildman–Crippen LogP) is 41.6. The van der Waals surface area contributed by atoms with E-state index in [0.29, 0.717) is 6.54 Å². The van der Waals surface area contributed by atoms with Gasteiger partial charge in [-0.15, -0.1) is 314 Å². The molecule has 4 aromatic rings. The summed E-state index contributed by atoms with van der Waals surface area (Å²) in [5.74, 6) is -1.79. The Kier molecular flexibility index (Phi) is 74.0. The van der Waals surface area contributed by atoms with Gasteiger partial charge in [0.15, 0.2) is 21.3 Å². The highest BCUT2D eigenvalue weighted by atomic mass is 33.6. The molecule has 0 radical (unpaired) electrons. The Balaban J connectivity index is 0.000000620. The van der Waals surface area contributed by atoms with E-state index in [1.165, 1.54) is 31.3 Å². The van der Waals surface area contributed by atoms with Crippen LogP contribution in [0.25, 0.3) is 34.3 Å². The Bertz CT molecular complexity index is 3120. The van der Waals surface area contributed by atoms with E-state index in [0.717, 1.165) is 17.7 Å². The number of hydrogen-bond donors (Lipinski definition) is 3. The lowest BCUT2D eigenvalue weighted by atomic mass is 10.1. The number of nitrogen functional groups attached to an aromatic ring is 1. The Hall–Kier alpha value is 24.6. The normalized spacial score (nSPS) is 14.7. The molecule has 0 saturated heterocycles. The highest BCUT2D eigenvalue weighted by Gasteiger charge is 2.62. The quantitative estimate of drug-likeness (QED) is 0.0366. The van der Waals surface area contributed by atoms with Crippen LogP contribution in [0.5, 0.6) is 0 Å². The second-order valence-electron chi connectivity index (χ2n) is 18.7. The molecule has 0 aliphatic rings. The maximum Gasteiger partial charge on any atom is 0.270 e. The number of aromatic nitrogens is 4. The summed E-state index contributed by atoms with van der Waals surface area (Å²) in [6.07, 6.45) is 1.26. The van der Waals surface area contributed by atoms with Gasteiger partial charge in [0.1, 0.15) is 16.5 Å². The molecule has 79 heteroatoms. The van der Waals surface area contributed by atoms with Gasteiger partial charge in [0.25, 0.3) is 11.8 Å². The molecule has 0 fully saturated rings. The predicted molar refractivity (Wildman–Crippen MR) is 683 cm³/mol. The molecule has 0 bridgehead atoms. The van der Waals surface area contributed by atoms with Crippen LogP contribution in [-0.2, 0) is 16.4 Å². The molecular formula is C24H92F2N6O4P66S. The summed E-state index contributed by atoms with van der Waals surface area (Å²) in [5.41, 5.74) is 7.17. The zero-order chi connectivity index (χ0) is 79.2. The first-order valence-corrected chi connectivity index (χ1v) is 148. The summed E-state index contributed by atoms with van der Waals surface area (Å²) >= 11 is 0. The average Bonchev–Trinajstić information content (AvgIpc) is 1.15. The van der Waals surface area contributed by atoms with E-state index < -0.39 is 31.6 Å². The van der Waals surface area contributed by atoms with Crippen molar-refractivity contribution in [3.05, 3.63) is 59.8 Å². The lowest BCUT2D eigenvalue weighted by molar-refractivity contribution is 0.287. The number of benzene rings is 2. The molecule has 0 spiro atoms. The van der Waals surface area contributed by atoms with E-state index in [1.54, 1.807) is 13.1 Å². The van der Waals surface area contributed by atoms with Gasteiger partial charge in [0, 0.05) is 18.7 Å². The molecule has 0 saturated carbocycles. The van der Waals surface area contributed by atoms with Crippen molar-refractivity contribution < 1.29 is 26.7 Å². The van der Waals surface area contributed by atoms with E-state index in [1.807, 2.05) is 0 Å². The SMILES string of the molecule is CNCc1ccc(-c2nnc(-c3nc(-c4ccc(S(=O)(=O)C(C)CCO)c(F)c4)cnc3N)o2)c(F)c1.PP(P)P(P(P)P)P(P(P)P)P(P(P(P)P)P(P)P)P(P(P(P(P)P)P(P)P)P(P(P)P)P(P)P)P(P(P(P(P)P)P(P)P)P(P(P)P)P(P)P)P(P(P(P)P)P(P)P)P(P(P)P)P(P)P. The maximum atomic E-state index is 14.8. The molecule has 0 amide bonds. The van der Waals surface area contributed by atoms with Gasteiger partial charge in [-0.3, -0.25) is 0 Å². The average molecular weight is 2640 g/mol. The molecule has 592 valence electrons. The molecule has 0 aliphatic heterocycles. The minimum Gasteiger partial charge on any atom is -0.414 e. The van der Waals surface area contributed by atoms with Crippen molar-refractivity contribution in [2.24, 2.45) is 0 Å². The minimum absolute atomic E-state index is 0.00265. The zero-order valence-corrected chi connectivity index (χ0v) is 123. The van der Waals surface area contributed by atoms with Crippen molar-refractivity contribution in [3.63, 3.8) is 0 Å². The topological polar surface area (TPSA) is 157 Å². The highest BCUT2D eigenvalue weighted by Crippen LogP contribution is 3.50. The van der Waals surface area contributed by atoms with Crippen LogP contribution >= 0.6 is 527 Å². The van der Waals surface area contributed by atoms with Crippen LogP contribution in [0, 0.1) is 11.6 Å². The highest BCUT2D eigenvalue weighted by molar-refractivity contribution is 9.55. The van der Waals surface area contributed by atoms with Crippen molar-refractivity contribution >= 4 is 543 Å². The molecule has 2 aromatic heterocycles. The first kappa shape index (κ1) is 122. The number of halogens is 2. The number of hydrogen-bond acceptors (Lipinski definition) is 10. The molecule has 2 heterocycles. The molecule has 10 nitrogen and oxygen atoms in total. The van der Waals surface area contributed by atoms with E-state index in [2.05, 4.69) is 329 Å². The van der Waals surface area contributed by atoms with Crippen molar-refractivity contribution in [1.29, 1.82) is 0 Å². The molecule has 0 aliphatic carbocycles. The fourth-order valence-electron chi connectivity index (χ4n) is 7.59. The van der Waals surface area contributed by atoms with Gasteiger partial charge in [-0.1, -0.05) is 12.1 Å². The van der Waals surface area contributed by atoms with Crippen LogP contribution in [0.2, 0.25) is 0 Å². The van der Waals surface area contributed by atoms with E-state index >= 15 is 0 Å². The zero-order valence-electron chi connectivity index (χ0n) is 53.9. The second-order valence-corrected chi connectivity index (χ2v) is 294. The third-order valence-corrected chi connectivity index (χ3v) is 474. The molecule has 38 atom stereocenters. The number of aliphatic hydroxyl groups is 1. The van der Waals surface area contributed by atoms with Crippen LogP contribution in [0.1, 0.15) is 18.9 Å². The van der Waals surface area contributed by atoms with Crippen LogP contribution in [0.4, 0.5) is 14.6 Å². The van der Waals surface area contributed by atoms with Crippen LogP contribution < -0.4 is 11.1 Å². The molecule has 4 rings (SSSR count). The number of rotatable bonds is 40.